The highest BCUT2D eigenvalue weighted by Gasteiger charge is 2.54. The van der Waals surface area contributed by atoms with Crippen molar-refractivity contribution in [2.75, 3.05) is 0 Å². The summed E-state index contributed by atoms with van der Waals surface area (Å²) in [5, 5.41) is 2.31. The zero-order valence-corrected chi connectivity index (χ0v) is 28.4. The lowest BCUT2D eigenvalue weighted by Crippen LogP contribution is -2.69. The highest BCUT2D eigenvalue weighted by molar-refractivity contribution is 6.99. The van der Waals surface area contributed by atoms with Crippen LogP contribution in [0.3, 0.4) is 0 Å². The third-order valence-electron chi connectivity index (χ3n) is 9.57. The van der Waals surface area contributed by atoms with Crippen LogP contribution in [0.4, 0.5) is 0 Å². The number of carbonyl (C=O) groups is 2. The first-order valence-corrected chi connectivity index (χ1v) is 18.4. The van der Waals surface area contributed by atoms with Crippen molar-refractivity contribution in [1.82, 2.24) is 0 Å². The van der Waals surface area contributed by atoms with E-state index in [-0.39, 0.29) is 41.0 Å². The monoisotopic (exact) mass is 624 g/mol. The van der Waals surface area contributed by atoms with Gasteiger partial charge in [-0.05, 0) is 40.9 Å². The first-order chi connectivity index (χ1) is 21.6. The van der Waals surface area contributed by atoms with E-state index in [4.69, 9.17) is 13.9 Å². The molecule has 3 aromatic carbocycles. The average Bonchev–Trinajstić information content (AvgIpc) is 3.54. The number of esters is 2. The van der Waals surface area contributed by atoms with E-state index in [2.05, 4.69) is 107 Å². The second kappa shape index (κ2) is 13.9. The van der Waals surface area contributed by atoms with Crippen molar-refractivity contribution in [3.05, 3.63) is 109 Å². The van der Waals surface area contributed by atoms with E-state index in [1.54, 1.807) is 12.1 Å². The fraction of sp³-hybridized carbons (Fsp3) is 0.436. The van der Waals surface area contributed by atoms with Crippen LogP contribution in [0.5, 0.6) is 0 Å². The summed E-state index contributed by atoms with van der Waals surface area (Å²) < 4.78 is 19.6. The molecule has 238 valence electrons. The Balaban J connectivity index is 1.54. The van der Waals surface area contributed by atoms with Crippen LogP contribution in [-0.4, -0.2) is 38.1 Å². The standard InChI is InChI=1S/C39H48O5Si/c1-6-7-17-25-39(5,44-45(38(2,3)4,30-20-13-9-14-21-30)31-22-15-10-16-23-31)26-24-32-33-27-36(40)42-35(33)28-34(32)43-37(41)29-18-11-8-12-19-29/h8-16,18-24,26,32-35H,6-7,17,25,27-28H2,1-5H3. The Morgan fingerprint density at radius 1 is 0.889 bits per heavy atom. The van der Waals surface area contributed by atoms with Gasteiger partial charge in [0, 0.05) is 18.3 Å². The highest BCUT2D eigenvalue weighted by Crippen LogP contribution is 2.45. The second-order valence-corrected chi connectivity index (χ2v) is 18.1. The zero-order chi connectivity index (χ0) is 32.1. The fourth-order valence-electron chi connectivity index (χ4n) is 7.28. The molecule has 0 amide bonds. The summed E-state index contributed by atoms with van der Waals surface area (Å²) in [6, 6.07) is 30.6. The summed E-state index contributed by atoms with van der Waals surface area (Å²) in [5.74, 6) is -0.706. The van der Waals surface area contributed by atoms with Gasteiger partial charge in [-0.15, -0.1) is 0 Å². The minimum atomic E-state index is -2.86. The molecule has 0 aromatic heterocycles. The van der Waals surface area contributed by atoms with Crippen LogP contribution in [0.15, 0.2) is 103 Å². The molecular formula is C39H48O5Si. The minimum absolute atomic E-state index is 0.0323. The van der Waals surface area contributed by atoms with Crippen LogP contribution in [0.1, 0.15) is 83.5 Å². The van der Waals surface area contributed by atoms with Crippen molar-refractivity contribution in [3.8, 4) is 0 Å². The Bertz CT molecular complexity index is 1410. The molecule has 1 heterocycles. The van der Waals surface area contributed by atoms with Crippen molar-refractivity contribution in [1.29, 1.82) is 0 Å². The quantitative estimate of drug-likeness (QED) is 0.0897. The number of rotatable bonds is 12. The molecule has 1 saturated heterocycles. The molecule has 3 aromatic rings. The molecule has 0 radical (unpaired) electrons. The van der Waals surface area contributed by atoms with Gasteiger partial charge in [-0.3, -0.25) is 4.79 Å². The number of unbranched alkanes of at least 4 members (excludes halogenated alkanes) is 2. The van der Waals surface area contributed by atoms with E-state index < -0.39 is 13.9 Å². The summed E-state index contributed by atoms with van der Waals surface area (Å²) in [6.45, 7) is 11.3. The molecule has 0 spiro atoms. The van der Waals surface area contributed by atoms with Gasteiger partial charge >= 0.3 is 11.9 Å². The predicted octanol–water partition coefficient (Wildman–Crippen LogP) is 7.64. The Morgan fingerprint density at radius 2 is 1.47 bits per heavy atom. The van der Waals surface area contributed by atoms with E-state index >= 15 is 0 Å². The maximum Gasteiger partial charge on any atom is 0.338 e. The lowest BCUT2D eigenvalue weighted by atomic mass is 9.89. The number of benzene rings is 3. The van der Waals surface area contributed by atoms with E-state index in [1.165, 1.54) is 10.4 Å². The van der Waals surface area contributed by atoms with Crippen LogP contribution < -0.4 is 10.4 Å². The van der Waals surface area contributed by atoms with Crippen molar-refractivity contribution in [3.63, 3.8) is 0 Å². The smallest absolute Gasteiger partial charge is 0.338 e. The lowest BCUT2D eigenvalue weighted by Gasteiger charge is -2.48. The largest absolute Gasteiger partial charge is 0.462 e. The first-order valence-electron chi connectivity index (χ1n) is 16.5. The number of fused-ring (bicyclic) bond motifs is 1. The number of ether oxygens (including phenoxy) is 2. The number of hydrogen-bond acceptors (Lipinski definition) is 5. The fourth-order valence-corrected chi connectivity index (χ4v) is 12.1. The van der Waals surface area contributed by atoms with Gasteiger partial charge in [0.25, 0.3) is 8.32 Å². The van der Waals surface area contributed by atoms with Gasteiger partial charge in [0.2, 0.25) is 0 Å². The van der Waals surface area contributed by atoms with Crippen molar-refractivity contribution < 1.29 is 23.5 Å². The van der Waals surface area contributed by atoms with Gasteiger partial charge in [-0.1, -0.05) is 138 Å². The Labute approximate surface area is 270 Å². The van der Waals surface area contributed by atoms with E-state index in [0.29, 0.717) is 18.4 Å². The molecule has 0 bridgehead atoms. The highest BCUT2D eigenvalue weighted by atomic mass is 28.4. The van der Waals surface area contributed by atoms with Gasteiger partial charge in [0.15, 0.2) is 0 Å². The van der Waals surface area contributed by atoms with E-state index in [9.17, 15) is 9.59 Å². The molecule has 5 nitrogen and oxygen atoms in total. The number of hydrogen-bond donors (Lipinski definition) is 0. The maximum absolute atomic E-state index is 13.1. The molecule has 0 N–H and O–H groups in total. The van der Waals surface area contributed by atoms with Gasteiger partial charge in [0.1, 0.15) is 12.2 Å². The summed E-state index contributed by atoms with van der Waals surface area (Å²) in [7, 11) is -2.86. The zero-order valence-electron chi connectivity index (χ0n) is 27.4. The molecule has 45 heavy (non-hydrogen) atoms. The van der Waals surface area contributed by atoms with Gasteiger partial charge in [-0.25, -0.2) is 4.79 Å². The van der Waals surface area contributed by atoms with Crippen molar-refractivity contribution >= 4 is 30.6 Å². The number of carbonyl (C=O) groups excluding carboxylic acids is 2. The Hall–Kier alpha value is -3.48. The average molecular weight is 625 g/mol. The van der Waals surface area contributed by atoms with Crippen LogP contribution in [0.25, 0.3) is 0 Å². The molecule has 5 rings (SSSR count). The predicted molar refractivity (Wildman–Crippen MR) is 182 cm³/mol. The molecular weight excluding hydrogens is 577 g/mol. The molecule has 1 saturated carbocycles. The van der Waals surface area contributed by atoms with Crippen molar-refractivity contribution in [2.45, 2.75) is 96.0 Å². The van der Waals surface area contributed by atoms with Gasteiger partial charge in [-0.2, -0.15) is 0 Å². The van der Waals surface area contributed by atoms with E-state index in [0.717, 1.165) is 25.7 Å². The molecule has 2 fully saturated rings. The topological polar surface area (TPSA) is 61.8 Å². The third kappa shape index (κ3) is 7.18. The van der Waals surface area contributed by atoms with Gasteiger partial charge < -0.3 is 13.9 Å². The van der Waals surface area contributed by atoms with Gasteiger partial charge in [0.05, 0.1) is 17.6 Å². The summed E-state index contributed by atoms with van der Waals surface area (Å²) in [6.07, 6.45) is 8.72. The molecule has 1 aliphatic heterocycles. The van der Waals surface area contributed by atoms with Crippen LogP contribution in [0, 0.1) is 11.8 Å². The van der Waals surface area contributed by atoms with Crippen LogP contribution >= 0.6 is 0 Å². The van der Waals surface area contributed by atoms with E-state index in [1.807, 2.05) is 18.2 Å². The summed E-state index contributed by atoms with van der Waals surface area (Å²) in [5.41, 5.74) is -0.0793. The maximum atomic E-state index is 13.1. The lowest BCUT2D eigenvalue weighted by molar-refractivity contribution is -0.141. The molecule has 6 heteroatoms. The second-order valence-electron chi connectivity index (χ2n) is 13.9. The first kappa shape index (κ1) is 32.9. The molecule has 5 unspecified atom stereocenters. The summed E-state index contributed by atoms with van der Waals surface area (Å²) in [4.78, 5) is 25.5. The van der Waals surface area contributed by atoms with Crippen molar-refractivity contribution in [2.24, 2.45) is 11.8 Å². The Morgan fingerprint density at radius 3 is 2.02 bits per heavy atom. The third-order valence-corrected chi connectivity index (χ3v) is 14.7. The SMILES string of the molecule is CCCCCC(C)(C=CC1C(OC(=O)c2ccccc2)CC2OC(=O)CC21)O[Si](c1ccccc1)(c1ccccc1)C(C)(C)C. The molecule has 1 aliphatic carbocycles. The van der Waals surface area contributed by atoms with Crippen LogP contribution in [-0.2, 0) is 18.7 Å². The minimum Gasteiger partial charge on any atom is -0.462 e. The Kier molecular flexibility index (Phi) is 10.1. The molecule has 5 atom stereocenters. The van der Waals surface area contributed by atoms with Crippen LogP contribution in [0.2, 0.25) is 5.04 Å². The molecule has 2 aliphatic rings. The normalized spacial score (nSPS) is 23.0. The summed E-state index contributed by atoms with van der Waals surface area (Å²) >= 11 is 0.